The fourth-order valence-electron chi connectivity index (χ4n) is 1.00. The lowest BCUT2D eigenvalue weighted by molar-refractivity contribution is -0.148. The third-order valence-electron chi connectivity index (χ3n) is 1.89. The second-order valence-corrected chi connectivity index (χ2v) is 3.05. The highest BCUT2D eigenvalue weighted by atomic mass is 19.4. The molecule has 1 aliphatic rings. The van der Waals surface area contributed by atoms with E-state index < -0.39 is 18.1 Å². The summed E-state index contributed by atoms with van der Waals surface area (Å²) in [7, 11) is 0. The molecule has 1 saturated carbocycles. The van der Waals surface area contributed by atoms with Gasteiger partial charge in [0.25, 0.3) is 0 Å². The molecule has 0 radical (unpaired) electrons. The first kappa shape index (κ1) is 10.0. The fourth-order valence-corrected chi connectivity index (χ4v) is 1.00. The minimum atomic E-state index is -4.10. The molecule has 3 nitrogen and oxygen atoms in total. The van der Waals surface area contributed by atoms with E-state index in [4.69, 9.17) is 5.53 Å². The molecule has 0 amide bonds. The number of allylic oxidation sites excluding steroid dienone is 1. The molecule has 1 unspecified atom stereocenters. The second-order valence-electron chi connectivity index (χ2n) is 3.05. The van der Waals surface area contributed by atoms with Crippen molar-refractivity contribution in [3.05, 3.63) is 11.9 Å². The molecule has 0 aromatic carbocycles. The van der Waals surface area contributed by atoms with Crippen molar-refractivity contribution in [2.75, 3.05) is 0 Å². The standard InChI is InChI=1S/C7H10F3N3/c1-4(13-11)3-12-6-2-5(6)7(8,9)10/h3,5-6,11-12H,2H2,1H3/b4-3-,13-11?/t5-,6?/m0/s1. The zero-order chi connectivity index (χ0) is 10.1. The Hall–Kier alpha value is -1.07. The molecular weight excluding hydrogens is 183 g/mol. The summed E-state index contributed by atoms with van der Waals surface area (Å²) in [5.74, 6) is -1.23. The lowest BCUT2D eigenvalue weighted by Crippen LogP contribution is -2.20. The van der Waals surface area contributed by atoms with Crippen LogP contribution in [-0.2, 0) is 0 Å². The molecule has 1 fully saturated rings. The zero-order valence-corrected chi connectivity index (χ0v) is 7.02. The highest BCUT2D eigenvalue weighted by molar-refractivity contribution is 5.03. The summed E-state index contributed by atoms with van der Waals surface area (Å²) in [6.07, 6.45) is -2.65. The molecule has 13 heavy (non-hydrogen) atoms. The molecule has 1 rings (SSSR count). The predicted molar refractivity (Wildman–Crippen MR) is 40.0 cm³/mol. The maximum Gasteiger partial charge on any atom is 0.393 e. The lowest BCUT2D eigenvalue weighted by atomic mass is 10.4. The molecule has 2 N–H and O–H groups in total. The van der Waals surface area contributed by atoms with Gasteiger partial charge in [0.1, 0.15) is 0 Å². The van der Waals surface area contributed by atoms with Gasteiger partial charge in [0.2, 0.25) is 0 Å². The van der Waals surface area contributed by atoms with Crippen molar-refractivity contribution in [1.29, 1.82) is 5.53 Å². The van der Waals surface area contributed by atoms with Crippen LogP contribution >= 0.6 is 0 Å². The molecular formula is C7H10F3N3. The highest BCUT2D eigenvalue weighted by Crippen LogP contribution is 2.44. The van der Waals surface area contributed by atoms with Crippen molar-refractivity contribution < 1.29 is 13.2 Å². The molecule has 6 heteroatoms. The Bertz CT molecular complexity index is 234. The molecule has 0 aromatic heterocycles. The first-order valence-corrected chi connectivity index (χ1v) is 3.82. The van der Waals surface area contributed by atoms with Gasteiger partial charge in [-0.2, -0.15) is 18.3 Å². The third kappa shape index (κ3) is 2.71. The van der Waals surface area contributed by atoms with Crippen molar-refractivity contribution >= 4 is 0 Å². The monoisotopic (exact) mass is 193 g/mol. The van der Waals surface area contributed by atoms with Crippen LogP contribution in [0.15, 0.2) is 17.0 Å². The predicted octanol–water partition coefficient (Wildman–Crippen LogP) is 2.42. The van der Waals surface area contributed by atoms with E-state index in [0.717, 1.165) is 0 Å². The highest BCUT2D eigenvalue weighted by Gasteiger charge is 2.55. The number of nitrogens with one attached hydrogen (secondary N) is 2. The smallest absolute Gasteiger partial charge is 0.386 e. The molecule has 0 bridgehead atoms. The Labute approximate surface area is 73.5 Å². The average Bonchev–Trinajstić information content (AvgIpc) is 2.78. The van der Waals surface area contributed by atoms with Crippen LogP contribution in [0.3, 0.4) is 0 Å². The van der Waals surface area contributed by atoms with Gasteiger partial charge in [0, 0.05) is 12.2 Å². The van der Waals surface area contributed by atoms with Gasteiger partial charge >= 0.3 is 6.18 Å². The molecule has 0 aromatic rings. The van der Waals surface area contributed by atoms with E-state index in [1.165, 1.54) is 6.20 Å². The molecule has 0 spiro atoms. The van der Waals surface area contributed by atoms with E-state index in [0.29, 0.717) is 5.70 Å². The maximum absolute atomic E-state index is 12.0. The average molecular weight is 193 g/mol. The van der Waals surface area contributed by atoms with Crippen LogP contribution in [0.25, 0.3) is 0 Å². The van der Waals surface area contributed by atoms with E-state index in [1.54, 1.807) is 6.92 Å². The van der Waals surface area contributed by atoms with Gasteiger partial charge in [0.05, 0.1) is 11.6 Å². The molecule has 0 aliphatic heterocycles. The minimum Gasteiger partial charge on any atom is -0.386 e. The summed E-state index contributed by atoms with van der Waals surface area (Å²) < 4.78 is 35.9. The quantitative estimate of drug-likeness (QED) is 0.664. The van der Waals surface area contributed by atoms with Crippen LogP contribution in [0.2, 0.25) is 0 Å². The van der Waals surface area contributed by atoms with Crippen molar-refractivity contribution in [3.63, 3.8) is 0 Å². The first-order chi connectivity index (χ1) is 5.95. The van der Waals surface area contributed by atoms with Crippen molar-refractivity contribution in [2.24, 2.45) is 11.0 Å². The fraction of sp³-hybridized carbons (Fsp3) is 0.714. The summed E-state index contributed by atoms with van der Waals surface area (Å²) in [4.78, 5) is 0. The van der Waals surface area contributed by atoms with Gasteiger partial charge in [-0.15, -0.1) is 0 Å². The minimum absolute atomic E-state index is 0.116. The topological polar surface area (TPSA) is 48.2 Å². The van der Waals surface area contributed by atoms with Gasteiger partial charge < -0.3 is 5.32 Å². The van der Waals surface area contributed by atoms with E-state index in [2.05, 4.69) is 10.4 Å². The van der Waals surface area contributed by atoms with Crippen LogP contribution in [0.5, 0.6) is 0 Å². The van der Waals surface area contributed by atoms with Crippen molar-refractivity contribution in [1.82, 2.24) is 5.32 Å². The van der Waals surface area contributed by atoms with E-state index in [1.807, 2.05) is 0 Å². The van der Waals surface area contributed by atoms with Gasteiger partial charge in [-0.3, -0.25) is 0 Å². The van der Waals surface area contributed by atoms with Crippen LogP contribution in [-0.4, -0.2) is 12.2 Å². The zero-order valence-electron chi connectivity index (χ0n) is 7.02. The normalized spacial score (nSPS) is 28.5. The lowest BCUT2D eigenvalue weighted by Gasteiger charge is -2.04. The molecule has 2 atom stereocenters. The number of alkyl halides is 3. The molecule has 1 aliphatic carbocycles. The van der Waals surface area contributed by atoms with Gasteiger partial charge in [-0.1, -0.05) is 0 Å². The summed E-state index contributed by atoms with van der Waals surface area (Å²) >= 11 is 0. The number of nitrogens with zero attached hydrogens (tertiary/aromatic N) is 1. The largest absolute Gasteiger partial charge is 0.393 e. The van der Waals surface area contributed by atoms with Crippen molar-refractivity contribution in [3.8, 4) is 0 Å². The van der Waals surface area contributed by atoms with Crippen molar-refractivity contribution in [2.45, 2.75) is 25.6 Å². The Morgan fingerprint density at radius 3 is 2.62 bits per heavy atom. The number of rotatable bonds is 3. The first-order valence-electron chi connectivity index (χ1n) is 3.82. The van der Waals surface area contributed by atoms with E-state index in [-0.39, 0.29) is 6.42 Å². The van der Waals surface area contributed by atoms with Crippen LogP contribution in [0.4, 0.5) is 13.2 Å². The SMILES string of the molecule is C/C(=C/NC1C[C@@H]1C(F)(F)F)N=N. The summed E-state index contributed by atoms with van der Waals surface area (Å²) in [6, 6.07) is -0.531. The van der Waals surface area contributed by atoms with Gasteiger partial charge in [0.15, 0.2) is 0 Å². The Balaban J connectivity index is 2.33. The number of halogens is 3. The van der Waals surface area contributed by atoms with Crippen LogP contribution in [0.1, 0.15) is 13.3 Å². The maximum atomic E-state index is 12.0. The third-order valence-corrected chi connectivity index (χ3v) is 1.89. The van der Waals surface area contributed by atoms with Gasteiger partial charge in [-0.25, -0.2) is 5.53 Å². The van der Waals surface area contributed by atoms with Crippen LogP contribution < -0.4 is 5.32 Å². The molecule has 0 heterocycles. The molecule has 0 saturated heterocycles. The molecule has 74 valence electrons. The Kier molecular flexibility index (Phi) is 2.58. The number of hydrogen-bond acceptors (Lipinski definition) is 3. The number of hydrogen-bond donors (Lipinski definition) is 2. The summed E-state index contributed by atoms with van der Waals surface area (Å²) in [6.45, 7) is 1.55. The summed E-state index contributed by atoms with van der Waals surface area (Å²) in [5, 5.41) is 5.61. The van der Waals surface area contributed by atoms with Gasteiger partial charge in [-0.05, 0) is 13.3 Å². The summed E-state index contributed by atoms with van der Waals surface area (Å²) in [5.41, 5.74) is 6.91. The van der Waals surface area contributed by atoms with Crippen LogP contribution in [0, 0.1) is 11.4 Å². The Morgan fingerprint density at radius 2 is 2.23 bits per heavy atom. The van der Waals surface area contributed by atoms with E-state index in [9.17, 15) is 13.2 Å². The van der Waals surface area contributed by atoms with E-state index >= 15 is 0 Å². The second kappa shape index (κ2) is 3.35. The Morgan fingerprint density at radius 1 is 1.62 bits per heavy atom.